The molecule has 38 heavy (non-hydrogen) atoms. The number of likely N-dealkylation sites (tertiary alicyclic amines) is 1. The Morgan fingerprint density at radius 2 is 1.74 bits per heavy atom. The van der Waals surface area contributed by atoms with Crippen molar-refractivity contribution in [2.24, 2.45) is 5.16 Å². The zero-order valence-corrected chi connectivity index (χ0v) is 20.1. The number of aryl methyl sites for hydroxylation is 1. The van der Waals surface area contributed by atoms with Gasteiger partial charge in [-0.3, -0.25) is 4.79 Å². The quantitative estimate of drug-likeness (QED) is 0.237. The summed E-state index contributed by atoms with van der Waals surface area (Å²) in [6.07, 6.45) is -3.89. The molecule has 1 aromatic heterocycles. The highest BCUT2D eigenvalue weighted by atomic mass is 19.4. The third kappa shape index (κ3) is 6.29. The van der Waals surface area contributed by atoms with Crippen LogP contribution in [0, 0.1) is 24.4 Å². The van der Waals surface area contributed by atoms with E-state index in [0.29, 0.717) is 0 Å². The molecule has 2 heterocycles. The Hall–Kier alpha value is -3.96. The maximum atomic E-state index is 14.0. The monoisotopic (exact) mass is 536 g/mol. The molecular weight excluding hydrogens is 514 g/mol. The number of alkyl halides is 3. The molecule has 1 aliphatic heterocycles. The molecule has 0 N–H and O–H groups in total. The van der Waals surface area contributed by atoms with Crippen molar-refractivity contribution in [2.45, 2.75) is 38.3 Å². The average molecular weight is 536 g/mol. The molecule has 4 rings (SSSR count). The lowest BCUT2D eigenvalue weighted by molar-refractivity contribution is -0.131. The SMILES string of the molecule is Cc1ncc(/C(=N/Oc2cccc(F)c2)C(F)(F)F)c(C2CCN(C(=O)Cc3c(F)cccc3F)CC2)n1. The van der Waals surface area contributed by atoms with E-state index in [1.54, 1.807) is 0 Å². The van der Waals surface area contributed by atoms with Crippen molar-refractivity contribution in [1.29, 1.82) is 0 Å². The Morgan fingerprint density at radius 1 is 1.08 bits per heavy atom. The second kappa shape index (κ2) is 11.2. The van der Waals surface area contributed by atoms with Crippen LogP contribution in [0.1, 0.15) is 41.4 Å². The number of halogens is 6. The van der Waals surface area contributed by atoms with Crippen LogP contribution in [0.15, 0.2) is 53.8 Å². The normalized spacial score (nSPS) is 15.0. The predicted octanol–water partition coefficient (Wildman–Crippen LogP) is 5.50. The van der Waals surface area contributed by atoms with Gasteiger partial charge in [0.25, 0.3) is 0 Å². The molecule has 6 nitrogen and oxygen atoms in total. The van der Waals surface area contributed by atoms with E-state index in [4.69, 9.17) is 4.84 Å². The summed E-state index contributed by atoms with van der Waals surface area (Å²) in [4.78, 5) is 27.1. The fraction of sp³-hybridized carbons (Fsp3) is 0.308. The van der Waals surface area contributed by atoms with Gasteiger partial charge in [0.15, 0.2) is 11.5 Å². The van der Waals surface area contributed by atoms with Crippen molar-refractivity contribution in [3.8, 4) is 5.75 Å². The zero-order chi connectivity index (χ0) is 27.4. The largest absolute Gasteiger partial charge is 0.437 e. The van der Waals surface area contributed by atoms with E-state index < -0.39 is 53.1 Å². The van der Waals surface area contributed by atoms with Crippen molar-refractivity contribution in [3.63, 3.8) is 0 Å². The molecule has 1 amide bonds. The van der Waals surface area contributed by atoms with Crippen LogP contribution in [0.3, 0.4) is 0 Å². The minimum Gasteiger partial charge on any atom is -0.356 e. The minimum absolute atomic E-state index is 0.0867. The first-order valence-corrected chi connectivity index (χ1v) is 11.6. The van der Waals surface area contributed by atoms with Crippen molar-refractivity contribution >= 4 is 11.6 Å². The van der Waals surface area contributed by atoms with Gasteiger partial charge in [0.1, 0.15) is 23.3 Å². The van der Waals surface area contributed by atoms with Crippen LogP contribution in [0.2, 0.25) is 0 Å². The number of benzene rings is 2. The number of hydrogen-bond acceptors (Lipinski definition) is 5. The van der Waals surface area contributed by atoms with Crippen molar-refractivity contribution in [1.82, 2.24) is 14.9 Å². The number of nitrogens with zero attached hydrogens (tertiary/aromatic N) is 4. The number of aromatic nitrogens is 2. The number of carbonyl (C=O) groups is 1. The molecule has 0 spiro atoms. The summed E-state index contributed by atoms with van der Waals surface area (Å²) in [6, 6.07) is 7.86. The van der Waals surface area contributed by atoms with Gasteiger partial charge in [-0.15, -0.1) is 0 Å². The topological polar surface area (TPSA) is 67.7 Å². The maximum Gasteiger partial charge on any atom is 0.437 e. The Bertz CT molecular complexity index is 1330. The fourth-order valence-corrected chi connectivity index (χ4v) is 4.22. The highest BCUT2D eigenvalue weighted by molar-refractivity contribution is 6.05. The van der Waals surface area contributed by atoms with Crippen molar-refractivity contribution in [3.05, 3.63) is 88.8 Å². The lowest BCUT2D eigenvalue weighted by Gasteiger charge is -2.32. The van der Waals surface area contributed by atoms with E-state index in [9.17, 15) is 31.1 Å². The summed E-state index contributed by atoms with van der Waals surface area (Å²) < 4.78 is 83.4. The van der Waals surface area contributed by atoms with E-state index >= 15 is 0 Å². The molecule has 3 aromatic rings. The van der Waals surface area contributed by atoms with Crippen LogP contribution in [0.25, 0.3) is 0 Å². The molecule has 0 unspecified atom stereocenters. The first kappa shape index (κ1) is 27.1. The van der Waals surface area contributed by atoms with E-state index in [1.807, 2.05) is 0 Å². The van der Waals surface area contributed by atoms with Crippen LogP contribution >= 0.6 is 0 Å². The molecule has 12 heteroatoms. The summed E-state index contributed by atoms with van der Waals surface area (Å²) in [6.45, 7) is 1.84. The molecule has 1 aliphatic rings. The third-order valence-electron chi connectivity index (χ3n) is 6.12. The third-order valence-corrected chi connectivity index (χ3v) is 6.12. The second-order valence-electron chi connectivity index (χ2n) is 8.73. The first-order valence-electron chi connectivity index (χ1n) is 11.6. The predicted molar refractivity (Wildman–Crippen MR) is 125 cm³/mol. The van der Waals surface area contributed by atoms with E-state index in [-0.39, 0.29) is 48.8 Å². The highest BCUT2D eigenvalue weighted by Gasteiger charge is 2.41. The zero-order valence-electron chi connectivity index (χ0n) is 20.1. The van der Waals surface area contributed by atoms with E-state index in [0.717, 1.165) is 30.5 Å². The Morgan fingerprint density at radius 3 is 2.37 bits per heavy atom. The van der Waals surface area contributed by atoms with Crippen molar-refractivity contribution in [2.75, 3.05) is 13.1 Å². The van der Waals surface area contributed by atoms with Crippen LogP contribution < -0.4 is 4.84 Å². The van der Waals surface area contributed by atoms with Gasteiger partial charge in [-0.05, 0) is 44.0 Å². The molecule has 0 aliphatic carbocycles. The molecular formula is C26H22F6N4O2. The van der Waals surface area contributed by atoms with Gasteiger partial charge >= 0.3 is 6.18 Å². The number of carbonyl (C=O) groups excluding carboxylic acids is 1. The number of hydrogen-bond donors (Lipinski definition) is 0. The highest BCUT2D eigenvalue weighted by Crippen LogP contribution is 2.33. The maximum absolute atomic E-state index is 14.0. The van der Waals surface area contributed by atoms with E-state index in [2.05, 4.69) is 15.1 Å². The number of piperidine rings is 1. The second-order valence-corrected chi connectivity index (χ2v) is 8.73. The van der Waals surface area contributed by atoms with Crippen LogP contribution in [-0.2, 0) is 11.2 Å². The fourth-order valence-electron chi connectivity index (χ4n) is 4.22. The summed E-state index contributed by atoms with van der Waals surface area (Å²) in [5.41, 5.74) is -2.02. The number of oxime groups is 1. The molecule has 0 bridgehead atoms. The molecule has 2 aromatic carbocycles. The van der Waals surface area contributed by atoms with Gasteiger partial charge in [-0.25, -0.2) is 23.1 Å². The molecule has 200 valence electrons. The molecule has 1 saturated heterocycles. The van der Waals surface area contributed by atoms with Gasteiger partial charge in [-0.2, -0.15) is 13.2 Å². The smallest absolute Gasteiger partial charge is 0.356 e. The lowest BCUT2D eigenvalue weighted by atomic mass is 9.89. The first-order chi connectivity index (χ1) is 18.0. The average Bonchev–Trinajstić information content (AvgIpc) is 2.86. The summed E-state index contributed by atoms with van der Waals surface area (Å²) in [5, 5.41) is 3.28. The summed E-state index contributed by atoms with van der Waals surface area (Å²) >= 11 is 0. The Balaban J connectivity index is 1.54. The molecule has 0 radical (unpaired) electrons. The lowest BCUT2D eigenvalue weighted by Crippen LogP contribution is -2.39. The van der Waals surface area contributed by atoms with Crippen LogP contribution in [0.5, 0.6) is 5.75 Å². The van der Waals surface area contributed by atoms with Gasteiger partial charge in [0.2, 0.25) is 5.91 Å². The van der Waals surface area contributed by atoms with Gasteiger partial charge in [0.05, 0.1) is 12.1 Å². The Labute approximate surface area is 214 Å². The van der Waals surface area contributed by atoms with Gasteiger partial charge < -0.3 is 9.74 Å². The van der Waals surface area contributed by atoms with Crippen LogP contribution in [-0.4, -0.2) is 45.8 Å². The van der Waals surface area contributed by atoms with Crippen molar-refractivity contribution < 1.29 is 36.0 Å². The number of rotatable bonds is 6. The number of amides is 1. The van der Waals surface area contributed by atoms with E-state index in [1.165, 1.54) is 30.0 Å². The van der Waals surface area contributed by atoms with Crippen LogP contribution in [0.4, 0.5) is 26.3 Å². The standard InChI is InChI=1S/C26H22F6N4O2/c1-15-33-14-20(25(26(30,31)32)35-38-18-5-2-4-17(27)12-18)24(34-15)16-8-10-36(11-9-16)23(37)13-19-21(28)6-3-7-22(19)29/h2-7,12,14,16H,8-11,13H2,1H3/b35-25-. The summed E-state index contributed by atoms with van der Waals surface area (Å²) in [5.74, 6) is -3.31. The molecule has 0 saturated carbocycles. The minimum atomic E-state index is -4.94. The van der Waals surface area contributed by atoms with Gasteiger partial charge in [-0.1, -0.05) is 17.3 Å². The summed E-state index contributed by atoms with van der Waals surface area (Å²) in [7, 11) is 0. The Kier molecular flexibility index (Phi) is 7.98. The molecule has 1 fully saturated rings. The molecule has 0 atom stereocenters. The van der Waals surface area contributed by atoms with Gasteiger partial charge in [0, 0.05) is 42.4 Å².